The summed E-state index contributed by atoms with van der Waals surface area (Å²) in [7, 11) is 3.90. The molecule has 0 unspecified atom stereocenters. The second kappa shape index (κ2) is 8.67. The second-order valence-corrected chi connectivity index (χ2v) is 4.73. The van der Waals surface area contributed by atoms with E-state index in [4.69, 9.17) is 0 Å². The lowest BCUT2D eigenvalue weighted by Crippen LogP contribution is -2.40. The van der Waals surface area contributed by atoms with Gasteiger partial charge in [-0.3, -0.25) is 9.69 Å². The van der Waals surface area contributed by atoms with Crippen LogP contribution >= 0.6 is 0 Å². The van der Waals surface area contributed by atoms with Crippen LogP contribution in [0.4, 0.5) is 0 Å². The van der Waals surface area contributed by atoms with Crippen LogP contribution in [0, 0.1) is 0 Å². The second-order valence-electron chi connectivity index (χ2n) is 4.73. The van der Waals surface area contributed by atoms with Gasteiger partial charge in [-0.2, -0.15) is 0 Å². The van der Waals surface area contributed by atoms with Gasteiger partial charge in [0.05, 0.1) is 6.54 Å². The maximum Gasteiger partial charge on any atom is 0.237 e. The van der Waals surface area contributed by atoms with Crippen molar-refractivity contribution in [2.45, 2.75) is 13.5 Å². The summed E-state index contributed by atoms with van der Waals surface area (Å²) in [6, 6.07) is 10.1. The molecule has 1 rings (SSSR count). The Kier molecular flexibility index (Phi) is 7.15. The molecule has 106 valence electrons. The highest BCUT2D eigenvalue weighted by Gasteiger charge is 2.13. The molecule has 0 aromatic heterocycles. The molecule has 0 heterocycles. The summed E-state index contributed by atoms with van der Waals surface area (Å²) in [4.78, 5) is 16.2. The van der Waals surface area contributed by atoms with Crippen LogP contribution in [-0.2, 0) is 11.3 Å². The number of nitrogens with one attached hydrogen (secondary N) is 1. The molecule has 0 fully saturated rings. The van der Waals surface area contributed by atoms with Crippen molar-refractivity contribution < 1.29 is 4.79 Å². The van der Waals surface area contributed by atoms with E-state index in [1.165, 1.54) is 5.56 Å². The summed E-state index contributed by atoms with van der Waals surface area (Å²) in [6.45, 7) is 5.71. The molecule has 0 saturated carbocycles. The van der Waals surface area contributed by atoms with Crippen LogP contribution in [0.2, 0.25) is 0 Å². The lowest BCUT2D eigenvalue weighted by atomic mass is 10.2. The molecule has 0 bridgehead atoms. The molecule has 19 heavy (non-hydrogen) atoms. The predicted octanol–water partition coefficient (Wildman–Crippen LogP) is 1.19. The van der Waals surface area contributed by atoms with Gasteiger partial charge in [-0.05, 0) is 26.6 Å². The molecular formula is C15H25N3O. The highest BCUT2D eigenvalue weighted by Crippen LogP contribution is 2.04. The first kappa shape index (κ1) is 15.7. The van der Waals surface area contributed by atoms with Crippen LogP contribution in [-0.4, -0.2) is 56.0 Å². The quantitative estimate of drug-likeness (QED) is 0.765. The van der Waals surface area contributed by atoms with Gasteiger partial charge in [0.1, 0.15) is 0 Å². The van der Waals surface area contributed by atoms with Crippen molar-refractivity contribution in [2.24, 2.45) is 0 Å². The van der Waals surface area contributed by atoms with Crippen molar-refractivity contribution in [3.8, 4) is 0 Å². The fraction of sp³-hybridized carbons (Fsp3) is 0.533. The lowest BCUT2D eigenvalue weighted by Gasteiger charge is -2.24. The molecule has 0 atom stereocenters. The van der Waals surface area contributed by atoms with E-state index in [1.54, 1.807) is 0 Å². The topological polar surface area (TPSA) is 35.6 Å². The van der Waals surface area contributed by atoms with Crippen molar-refractivity contribution in [1.82, 2.24) is 15.1 Å². The van der Waals surface area contributed by atoms with Crippen molar-refractivity contribution >= 4 is 5.91 Å². The zero-order chi connectivity index (χ0) is 14.1. The van der Waals surface area contributed by atoms with Crippen LogP contribution in [0.1, 0.15) is 12.5 Å². The van der Waals surface area contributed by atoms with Crippen LogP contribution in [0.3, 0.4) is 0 Å². The number of carbonyl (C=O) groups excluding carboxylic acids is 1. The van der Waals surface area contributed by atoms with Gasteiger partial charge in [-0.1, -0.05) is 30.3 Å². The summed E-state index contributed by atoms with van der Waals surface area (Å²) in [5.41, 5.74) is 1.18. The van der Waals surface area contributed by atoms with E-state index in [0.717, 1.165) is 19.6 Å². The summed E-state index contributed by atoms with van der Waals surface area (Å²) in [6.07, 6.45) is 0. The van der Waals surface area contributed by atoms with Gasteiger partial charge in [-0.15, -0.1) is 0 Å². The minimum absolute atomic E-state index is 0.185. The van der Waals surface area contributed by atoms with E-state index < -0.39 is 0 Å². The van der Waals surface area contributed by atoms with Gasteiger partial charge in [0, 0.05) is 26.2 Å². The zero-order valence-corrected chi connectivity index (χ0v) is 12.2. The van der Waals surface area contributed by atoms with Crippen molar-refractivity contribution in [3.63, 3.8) is 0 Å². The molecule has 0 radical (unpaired) electrons. The predicted molar refractivity (Wildman–Crippen MR) is 79.0 cm³/mol. The smallest absolute Gasteiger partial charge is 0.237 e. The first-order chi connectivity index (χ1) is 9.17. The third kappa shape index (κ3) is 5.85. The van der Waals surface area contributed by atoms with Crippen molar-refractivity contribution in [1.29, 1.82) is 0 Å². The first-order valence-corrected chi connectivity index (χ1v) is 6.82. The molecule has 1 N–H and O–H groups in total. The van der Waals surface area contributed by atoms with Gasteiger partial charge < -0.3 is 10.2 Å². The molecular weight excluding hydrogens is 238 g/mol. The molecule has 1 amide bonds. The molecule has 4 nitrogen and oxygen atoms in total. The number of likely N-dealkylation sites (N-methyl/N-ethyl adjacent to an activating group) is 3. The molecule has 0 aliphatic rings. The minimum Gasteiger partial charge on any atom is -0.338 e. The minimum atomic E-state index is 0.185. The van der Waals surface area contributed by atoms with Gasteiger partial charge in [0.15, 0.2) is 0 Å². The van der Waals surface area contributed by atoms with Crippen molar-refractivity contribution in [3.05, 3.63) is 35.9 Å². The molecule has 0 spiro atoms. The molecule has 4 heteroatoms. The van der Waals surface area contributed by atoms with E-state index in [0.29, 0.717) is 13.1 Å². The van der Waals surface area contributed by atoms with Crippen LogP contribution < -0.4 is 5.32 Å². The van der Waals surface area contributed by atoms with E-state index in [9.17, 15) is 4.79 Å². The van der Waals surface area contributed by atoms with E-state index >= 15 is 0 Å². The largest absolute Gasteiger partial charge is 0.338 e. The Balaban J connectivity index is 2.48. The summed E-state index contributed by atoms with van der Waals surface area (Å²) in [5, 5.41) is 3.09. The third-order valence-electron chi connectivity index (χ3n) is 3.10. The molecule has 1 aromatic carbocycles. The Morgan fingerprint density at radius 3 is 2.53 bits per heavy atom. The van der Waals surface area contributed by atoms with Crippen LogP contribution in [0.15, 0.2) is 30.3 Å². The van der Waals surface area contributed by atoms with Gasteiger partial charge >= 0.3 is 0 Å². The van der Waals surface area contributed by atoms with Crippen LogP contribution in [0.5, 0.6) is 0 Å². The monoisotopic (exact) mass is 263 g/mol. The molecule has 0 saturated heterocycles. The normalized spacial score (nSPS) is 10.7. The SMILES string of the molecule is CCN(Cc1ccccc1)C(=O)CN(C)CCNC. The Bertz CT molecular complexity index is 367. The van der Waals surface area contributed by atoms with E-state index in [1.807, 2.05) is 49.0 Å². The first-order valence-electron chi connectivity index (χ1n) is 6.82. The number of benzene rings is 1. The fourth-order valence-electron chi connectivity index (χ4n) is 1.89. The Hall–Kier alpha value is -1.39. The summed E-state index contributed by atoms with van der Waals surface area (Å²) >= 11 is 0. The number of hydrogen-bond donors (Lipinski definition) is 1. The molecule has 0 aliphatic heterocycles. The van der Waals surface area contributed by atoms with Gasteiger partial charge in [-0.25, -0.2) is 0 Å². The highest BCUT2D eigenvalue weighted by atomic mass is 16.2. The Morgan fingerprint density at radius 2 is 1.95 bits per heavy atom. The third-order valence-corrected chi connectivity index (χ3v) is 3.10. The fourth-order valence-corrected chi connectivity index (χ4v) is 1.89. The molecule has 0 aliphatic carbocycles. The number of carbonyl (C=O) groups is 1. The summed E-state index contributed by atoms with van der Waals surface area (Å²) < 4.78 is 0. The number of rotatable bonds is 8. The standard InChI is InChI=1S/C15H25N3O/c1-4-18(12-14-8-6-5-7-9-14)15(19)13-17(3)11-10-16-2/h5-9,16H,4,10-13H2,1-3H3. The lowest BCUT2D eigenvalue weighted by molar-refractivity contribution is -0.132. The number of hydrogen-bond acceptors (Lipinski definition) is 3. The maximum atomic E-state index is 12.2. The average molecular weight is 263 g/mol. The maximum absolute atomic E-state index is 12.2. The summed E-state index contributed by atoms with van der Waals surface area (Å²) in [5.74, 6) is 0.185. The van der Waals surface area contributed by atoms with Gasteiger partial charge in [0.2, 0.25) is 5.91 Å². The highest BCUT2D eigenvalue weighted by molar-refractivity contribution is 5.78. The van der Waals surface area contributed by atoms with E-state index in [2.05, 4.69) is 17.4 Å². The van der Waals surface area contributed by atoms with Crippen LogP contribution in [0.25, 0.3) is 0 Å². The zero-order valence-electron chi connectivity index (χ0n) is 12.2. The average Bonchev–Trinajstić information content (AvgIpc) is 2.43. The van der Waals surface area contributed by atoms with Crippen molar-refractivity contribution in [2.75, 3.05) is 40.3 Å². The van der Waals surface area contributed by atoms with Gasteiger partial charge in [0.25, 0.3) is 0 Å². The number of nitrogens with zero attached hydrogens (tertiary/aromatic N) is 2. The number of amides is 1. The van der Waals surface area contributed by atoms with E-state index in [-0.39, 0.29) is 5.91 Å². The Morgan fingerprint density at radius 1 is 1.26 bits per heavy atom. The molecule has 1 aromatic rings. The Labute approximate surface area is 116 Å².